The van der Waals surface area contributed by atoms with Gasteiger partial charge in [-0.25, -0.2) is 0 Å². The third-order valence-corrected chi connectivity index (χ3v) is 4.13. The topological polar surface area (TPSA) is 90.7 Å². The molecule has 0 unspecified atom stereocenters. The second kappa shape index (κ2) is 7.64. The largest absolute Gasteiger partial charge is 0.338 e. The highest BCUT2D eigenvalue weighted by Gasteiger charge is 2.11. The molecule has 1 aromatic heterocycles. The number of nitrogens with one attached hydrogen (secondary N) is 2. The van der Waals surface area contributed by atoms with Gasteiger partial charge < -0.3 is 10.6 Å². The number of aromatic nitrogens is 2. The van der Waals surface area contributed by atoms with E-state index in [0.29, 0.717) is 22.1 Å². The van der Waals surface area contributed by atoms with E-state index in [1.54, 1.807) is 42.5 Å². The van der Waals surface area contributed by atoms with Crippen molar-refractivity contribution in [2.24, 2.45) is 0 Å². The molecule has 6 nitrogen and oxygen atoms in total. The van der Waals surface area contributed by atoms with Gasteiger partial charge in [-0.15, -0.1) is 10.2 Å². The van der Waals surface area contributed by atoms with E-state index in [4.69, 9.17) is 16.9 Å². The molecule has 0 spiro atoms. The summed E-state index contributed by atoms with van der Waals surface area (Å²) in [6, 6.07) is 17.5. The summed E-state index contributed by atoms with van der Waals surface area (Å²) in [6.45, 7) is 1.90. The van der Waals surface area contributed by atoms with Crippen LogP contribution in [0.4, 0.5) is 17.2 Å². The average Bonchev–Trinajstić information content (AvgIpc) is 2.66. The predicted octanol–water partition coefficient (Wildman–Crippen LogP) is 4.31. The molecular weight excluding hydrogens is 350 g/mol. The number of hydrogen-bond acceptors (Lipinski definition) is 5. The first-order valence-corrected chi connectivity index (χ1v) is 8.12. The number of nitrogens with zero attached hydrogens (tertiary/aromatic N) is 3. The quantitative estimate of drug-likeness (QED) is 0.720. The Bertz CT molecular complexity index is 996. The molecule has 128 valence electrons. The van der Waals surface area contributed by atoms with Crippen molar-refractivity contribution in [3.8, 4) is 6.07 Å². The smallest absolute Gasteiger partial charge is 0.276 e. The van der Waals surface area contributed by atoms with Gasteiger partial charge in [-0.05, 0) is 48.9 Å². The maximum atomic E-state index is 12.3. The predicted molar refractivity (Wildman–Crippen MR) is 101 cm³/mol. The maximum absolute atomic E-state index is 12.3. The number of rotatable bonds is 4. The molecule has 7 heteroatoms. The number of anilines is 3. The monoisotopic (exact) mass is 363 g/mol. The van der Waals surface area contributed by atoms with Crippen LogP contribution in [-0.4, -0.2) is 16.1 Å². The Labute approximate surface area is 155 Å². The molecule has 1 heterocycles. The van der Waals surface area contributed by atoms with E-state index in [-0.39, 0.29) is 5.69 Å². The zero-order valence-corrected chi connectivity index (χ0v) is 14.6. The fourth-order valence-corrected chi connectivity index (χ4v) is 2.45. The lowest BCUT2D eigenvalue weighted by atomic mass is 10.2. The van der Waals surface area contributed by atoms with E-state index in [1.807, 2.05) is 25.1 Å². The summed E-state index contributed by atoms with van der Waals surface area (Å²) in [5.41, 5.74) is 2.66. The third-order valence-electron chi connectivity index (χ3n) is 3.72. The van der Waals surface area contributed by atoms with Crippen molar-refractivity contribution in [1.82, 2.24) is 10.2 Å². The fourth-order valence-electron chi connectivity index (χ4n) is 2.28. The molecule has 3 rings (SSSR count). The van der Waals surface area contributed by atoms with Crippen molar-refractivity contribution in [3.05, 3.63) is 76.4 Å². The molecule has 0 saturated carbocycles. The van der Waals surface area contributed by atoms with Crippen LogP contribution in [0.2, 0.25) is 5.02 Å². The number of carbonyl (C=O) groups is 1. The lowest BCUT2D eigenvalue weighted by Crippen LogP contribution is -2.15. The zero-order valence-electron chi connectivity index (χ0n) is 13.8. The Kier molecular flexibility index (Phi) is 5.11. The second-order valence-corrected chi connectivity index (χ2v) is 5.86. The number of amides is 1. The van der Waals surface area contributed by atoms with Crippen molar-refractivity contribution in [2.75, 3.05) is 10.6 Å². The van der Waals surface area contributed by atoms with Gasteiger partial charge in [-0.2, -0.15) is 5.26 Å². The third kappa shape index (κ3) is 3.79. The van der Waals surface area contributed by atoms with Crippen LogP contribution >= 0.6 is 11.6 Å². The van der Waals surface area contributed by atoms with Crippen molar-refractivity contribution < 1.29 is 4.79 Å². The molecule has 0 aliphatic rings. The minimum Gasteiger partial charge on any atom is -0.338 e. The number of para-hydroxylation sites is 1. The van der Waals surface area contributed by atoms with Gasteiger partial charge in [0.15, 0.2) is 11.5 Å². The summed E-state index contributed by atoms with van der Waals surface area (Å²) in [5, 5.41) is 23.5. The van der Waals surface area contributed by atoms with Crippen LogP contribution in [0.25, 0.3) is 0 Å². The van der Waals surface area contributed by atoms with Gasteiger partial charge in [-0.1, -0.05) is 29.8 Å². The Morgan fingerprint density at radius 3 is 2.54 bits per heavy atom. The van der Waals surface area contributed by atoms with Crippen LogP contribution in [0, 0.1) is 18.3 Å². The van der Waals surface area contributed by atoms with E-state index < -0.39 is 5.91 Å². The van der Waals surface area contributed by atoms with Crippen molar-refractivity contribution in [3.63, 3.8) is 0 Å². The van der Waals surface area contributed by atoms with Gasteiger partial charge >= 0.3 is 0 Å². The lowest BCUT2D eigenvalue weighted by molar-refractivity contribution is 0.102. The Hall–Kier alpha value is -3.43. The van der Waals surface area contributed by atoms with Crippen LogP contribution in [0.3, 0.4) is 0 Å². The van der Waals surface area contributed by atoms with Gasteiger partial charge in [0.1, 0.15) is 6.07 Å². The Morgan fingerprint density at radius 1 is 1.04 bits per heavy atom. The second-order valence-electron chi connectivity index (χ2n) is 5.45. The maximum Gasteiger partial charge on any atom is 0.276 e. The molecule has 3 aromatic rings. The zero-order chi connectivity index (χ0) is 18.5. The summed E-state index contributed by atoms with van der Waals surface area (Å²) in [6.07, 6.45) is 0. The normalized spacial score (nSPS) is 10.0. The first kappa shape index (κ1) is 17.4. The molecule has 26 heavy (non-hydrogen) atoms. The van der Waals surface area contributed by atoms with E-state index in [0.717, 1.165) is 11.3 Å². The fraction of sp³-hybridized carbons (Fsp3) is 0.0526. The molecule has 0 atom stereocenters. The van der Waals surface area contributed by atoms with E-state index >= 15 is 0 Å². The first-order chi connectivity index (χ1) is 12.6. The number of halogens is 1. The minimum atomic E-state index is -0.439. The molecule has 2 aromatic carbocycles. The van der Waals surface area contributed by atoms with E-state index in [1.165, 1.54) is 0 Å². The average molecular weight is 364 g/mol. The highest BCUT2D eigenvalue weighted by atomic mass is 35.5. The van der Waals surface area contributed by atoms with Gasteiger partial charge in [-0.3, -0.25) is 4.79 Å². The molecular formula is C19H14ClN5O. The summed E-state index contributed by atoms with van der Waals surface area (Å²) in [4.78, 5) is 12.3. The van der Waals surface area contributed by atoms with Crippen molar-refractivity contribution in [2.45, 2.75) is 6.92 Å². The van der Waals surface area contributed by atoms with Gasteiger partial charge in [0.05, 0.1) is 11.3 Å². The minimum absolute atomic E-state index is 0.145. The van der Waals surface area contributed by atoms with E-state index in [2.05, 4.69) is 20.8 Å². The number of hydrogen-bond donors (Lipinski definition) is 2. The Balaban J connectivity index is 1.74. The molecule has 0 fully saturated rings. The Morgan fingerprint density at radius 2 is 1.81 bits per heavy atom. The summed E-state index contributed by atoms with van der Waals surface area (Å²) in [7, 11) is 0. The van der Waals surface area contributed by atoms with Crippen LogP contribution in [-0.2, 0) is 0 Å². The molecule has 2 N–H and O–H groups in total. The lowest BCUT2D eigenvalue weighted by Gasteiger charge is -2.10. The SMILES string of the molecule is Cc1c(Cl)cccc1Nc1ccc(C(=O)Nc2ccccc2C#N)nn1. The molecule has 1 amide bonds. The highest BCUT2D eigenvalue weighted by Crippen LogP contribution is 2.25. The summed E-state index contributed by atoms with van der Waals surface area (Å²) >= 11 is 6.10. The number of carbonyl (C=O) groups excluding carboxylic acids is 1. The van der Waals surface area contributed by atoms with Crippen LogP contribution in [0.1, 0.15) is 21.6 Å². The summed E-state index contributed by atoms with van der Waals surface area (Å²) < 4.78 is 0. The van der Waals surface area contributed by atoms with Crippen molar-refractivity contribution in [1.29, 1.82) is 5.26 Å². The van der Waals surface area contributed by atoms with Crippen LogP contribution in [0.5, 0.6) is 0 Å². The van der Waals surface area contributed by atoms with Gasteiger partial charge in [0, 0.05) is 10.7 Å². The van der Waals surface area contributed by atoms with Crippen LogP contribution < -0.4 is 10.6 Å². The molecule has 0 aliphatic carbocycles. The number of benzene rings is 2. The highest BCUT2D eigenvalue weighted by molar-refractivity contribution is 6.31. The molecule has 0 saturated heterocycles. The van der Waals surface area contributed by atoms with Crippen molar-refractivity contribution >= 4 is 34.7 Å². The first-order valence-electron chi connectivity index (χ1n) is 7.75. The molecule has 0 bridgehead atoms. The molecule has 0 aliphatic heterocycles. The summed E-state index contributed by atoms with van der Waals surface area (Å²) in [5.74, 6) is 0.0510. The number of nitriles is 1. The van der Waals surface area contributed by atoms with Gasteiger partial charge in [0.25, 0.3) is 5.91 Å². The van der Waals surface area contributed by atoms with Gasteiger partial charge in [0.2, 0.25) is 0 Å². The van der Waals surface area contributed by atoms with Crippen LogP contribution in [0.15, 0.2) is 54.6 Å². The molecule has 0 radical (unpaired) electrons. The van der Waals surface area contributed by atoms with E-state index in [9.17, 15) is 4.79 Å². The standard InChI is InChI=1S/C19H14ClN5O/c1-12-14(20)6-4-8-15(12)22-18-10-9-17(24-25-18)19(26)23-16-7-3-2-5-13(16)11-21/h2-10H,1H3,(H,22,25)(H,23,26).